The van der Waals surface area contributed by atoms with Gasteiger partial charge in [-0.2, -0.15) is 13.2 Å². The molecule has 20 heavy (non-hydrogen) atoms. The minimum atomic E-state index is -4.74. The first-order chi connectivity index (χ1) is 8.89. The van der Waals surface area contributed by atoms with Gasteiger partial charge in [-0.05, 0) is 38.5 Å². The summed E-state index contributed by atoms with van der Waals surface area (Å²) >= 11 is 0. The van der Waals surface area contributed by atoms with Crippen molar-refractivity contribution in [2.24, 2.45) is 0 Å². The summed E-state index contributed by atoms with van der Waals surface area (Å²) < 4.78 is 77.4. The lowest BCUT2D eigenvalue weighted by Crippen LogP contribution is -2.43. The van der Waals surface area contributed by atoms with Crippen LogP contribution in [0.4, 0.5) is 17.6 Å². The van der Waals surface area contributed by atoms with Gasteiger partial charge < -0.3 is 0 Å². The number of halogens is 4. The molecule has 0 heterocycles. The first-order valence-corrected chi connectivity index (χ1v) is 7.28. The van der Waals surface area contributed by atoms with Crippen LogP contribution >= 0.6 is 0 Å². The first kappa shape index (κ1) is 16.9. The van der Waals surface area contributed by atoms with E-state index in [1.165, 1.54) is 0 Å². The normalized spacial score (nSPS) is 13.6. The van der Waals surface area contributed by atoms with Crippen molar-refractivity contribution in [3.63, 3.8) is 0 Å². The van der Waals surface area contributed by atoms with Crippen molar-refractivity contribution >= 4 is 10.0 Å². The zero-order chi connectivity index (χ0) is 15.8. The fraction of sp³-hybridized carbons (Fsp3) is 0.500. The molecule has 0 atom stereocenters. The predicted octanol–water partition coefficient (Wildman–Crippen LogP) is 3.31. The molecule has 0 aliphatic carbocycles. The number of hydrogen-bond donors (Lipinski definition) is 1. The van der Waals surface area contributed by atoms with Gasteiger partial charge in [0.05, 0.1) is 5.56 Å². The van der Waals surface area contributed by atoms with Crippen molar-refractivity contribution in [3.8, 4) is 0 Å². The summed E-state index contributed by atoms with van der Waals surface area (Å²) in [4.78, 5) is -1.01. The first-order valence-electron chi connectivity index (χ1n) is 5.80. The molecule has 0 amide bonds. The van der Waals surface area contributed by atoms with Crippen LogP contribution in [0.1, 0.15) is 32.8 Å². The molecular formula is C12H15F4NO2S. The van der Waals surface area contributed by atoms with Crippen molar-refractivity contribution in [3.05, 3.63) is 29.6 Å². The summed E-state index contributed by atoms with van der Waals surface area (Å²) in [5, 5.41) is 0. The van der Waals surface area contributed by atoms with E-state index in [0.717, 1.165) is 0 Å². The van der Waals surface area contributed by atoms with Crippen molar-refractivity contribution in [2.45, 2.75) is 43.8 Å². The van der Waals surface area contributed by atoms with Crippen molar-refractivity contribution in [1.82, 2.24) is 4.72 Å². The van der Waals surface area contributed by atoms with Crippen molar-refractivity contribution < 1.29 is 26.0 Å². The molecule has 0 radical (unpaired) electrons. The maximum Gasteiger partial charge on any atom is 0.416 e. The van der Waals surface area contributed by atoms with Crippen LogP contribution in [0.25, 0.3) is 0 Å². The summed E-state index contributed by atoms with van der Waals surface area (Å²) in [7, 11) is -4.37. The lowest BCUT2D eigenvalue weighted by atomic mass is 10.0. The molecule has 0 saturated carbocycles. The molecule has 1 N–H and O–H groups in total. The molecule has 0 fully saturated rings. The summed E-state index contributed by atoms with van der Waals surface area (Å²) in [5.74, 6) is -1.22. The summed E-state index contributed by atoms with van der Waals surface area (Å²) in [6.45, 7) is 4.80. The molecule has 3 nitrogen and oxygen atoms in total. The number of alkyl halides is 3. The second-order valence-corrected chi connectivity index (χ2v) is 6.64. The Bertz CT molecular complexity index is 594. The Balaban J connectivity index is 3.32. The van der Waals surface area contributed by atoms with E-state index < -0.39 is 38.0 Å². The molecular weight excluding hydrogens is 298 g/mol. The van der Waals surface area contributed by atoms with E-state index in [1.807, 2.05) is 0 Å². The molecule has 0 unspecified atom stereocenters. The maximum absolute atomic E-state index is 13.5. The highest BCUT2D eigenvalue weighted by atomic mass is 32.2. The van der Waals surface area contributed by atoms with Gasteiger partial charge in [0.25, 0.3) is 0 Å². The van der Waals surface area contributed by atoms with Crippen LogP contribution in [0.5, 0.6) is 0 Å². The van der Waals surface area contributed by atoms with E-state index in [-0.39, 0.29) is 0 Å². The molecule has 0 aliphatic heterocycles. The third kappa shape index (κ3) is 3.92. The van der Waals surface area contributed by atoms with E-state index in [1.54, 1.807) is 20.8 Å². The van der Waals surface area contributed by atoms with Crippen LogP contribution in [0.3, 0.4) is 0 Å². The number of benzene rings is 1. The Hall–Kier alpha value is -1.15. The lowest BCUT2D eigenvalue weighted by molar-refractivity contribution is -0.137. The van der Waals surface area contributed by atoms with Crippen molar-refractivity contribution in [1.29, 1.82) is 0 Å². The van der Waals surface area contributed by atoms with Gasteiger partial charge >= 0.3 is 6.18 Å². The Morgan fingerprint density at radius 1 is 1.20 bits per heavy atom. The van der Waals surface area contributed by atoms with Gasteiger partial charge in [-0.1, -0.05) is 6.92 Å². The number of hydrogen-bond acceptors (Lipinski definition) is 2. The van der Waals surface area contributed by atoms with Gasteiger partial charge in [-0.3, -0.25) is 0 Å². The van der Waals surface area contributed by atoms with E-state index in [0.29, 0.717) is 24.6 Å². The Morgan fingerprint density at radius 3 is 2.20 bits per heavy atom. The van der Waals surface area contributed by atoms with Gasteiger partial charge in [0.2, 0.25) is 10.0 Å². The van der Waals surface area contributed by atoms with Crippen LogP contribution in [-0.2, 0) is 16.2 Å². The second-order valence-electron chi connectivity index (χ2n) is 4.99. The molecule has 114 valence electrons. The topological polar surface area (TPSA) is 46.2 Å². The molecule has 0 aromatic heterocycles. The van der Waals surface area contributed by atoms with Gasteiger partial charge in [0, 0.05) is 5.54 Å². The quantitative estimate of drug-likeness (QED) is 0.867. The standard InChI is InChI=1S/C12H15F4NO2S/c1-4-11(2,3)17-20(18,19)10-7-8(12(14,15)16)5-6-9(10)13/h5-7,17H,4H2,1-3H3. The molecule has 0 bridgehead atoms. The fourth-order valence-electron chi connectivity index (χ4n) is 1.38. The highest BCUT2D eigenvalue weighted by molar-refractivity contribution is 7.89. The van der Waals surface area contributed by atoms with Gasteiger partial charge in [0.1, 0.15) is 10.7 Å². The van der Waals surface area contributed by atoms with E-state index in [4.69, 9.17) is 0 Å². The van der Waals surface area contributed by atoms with Crippen LogP contribution in [0, 0.1) is 5.82 Å². The number of rotatable bonds is 4. The largest absolute Gasteiger partial charge is 0.416 e. The fourth-order valence-corrected chi connectivity index (χ4v) is 2.97. The summed E-state index contributed by atoms with van der Waals surface area (Å²) in [5.41, 5.74) is -2.10. The van der Waals surface area contributed by atoms with Crippen molar-refractivity contribution in [2.75, 3.05) is 0 Å². The average molecular weight is 313 g/mol. The van der Waals surface area contributed by atoms with Gasteiger partial charge in [0.15, 0.2) is 0 Å². The predicted molar refractivity (Wildman–Crippen MR) is 66.1 cm³/mol. The Labute approximate surface area is 115 Å². The zero-order valence-electron chi connectivity index (χ0n) is 11.2. The minimum Gasteiger partial charge on any atom is -0.207 e. The lowest BCUT2D eigenvalue weighted by Gasteiger charge is -2.24. The Kier molecular flexibility index (Phi) is 4.50. The van der Waals surface area contributed by atoms with Gasteiger partial charge in [-0.25, -0.2) is 17.5 Å². The third-order valence-corrected chi connectivity index (χ3v) is 4.56. The highest BCUT2D eigenvalue weighted by Crippen LogP contribution is 2.31. The third-order valence-electron chi connectivity index (χ3n) is 2.84. The monoisotopic (exact) mass is 313 g/mol. The SMILES string of the molecule is CCC(C)(C)NS(=O)(=O)c1cc(C(F)(F)F)ccc1F. The van der Waals surface area contributed by atoms with Crippen LogP contribution < -0.4 is 4.72 Å². The minimum absolute atomic E-state index is 0.295. The summed E-state index contributed by atoms with van der Waals surface area (Å²) in [6, 6.07) is 1.29. The second kappa shape index (κ2) is 5.33. The maximum atomic E-state index is 13.5. The smallest absolute Gasteiger partial charge is 0.207 e. The molecule has 1 aromatic carbocycles. The molecule has 0 spiro atoms. The Morgan fingerprint density at radius 2 is 1.75 bits per heavy atom. The van der Waals surface area contributed by atoms with Crippen LogP contribution in [0.15, 0.2) is 23.1 Å². The highest BCUT2D eigenvalue weighted by Gasteiger charge is 2.34. The van der Waals surface area contributed by atoms with Crippen LogP contribution in [0.2, 0.25) is 0 Å². The average Bonchev–Trinajstić information content (AvgIpc) is 2.26. The van der Waals surface area contributed by atoms with E-state index in [2.05, 4.69) is 4.72 Å². The summed E-state index contributed by atoms with van der Waals surface area (Å²) in [6.07, 6.45) is -4.34. The van der Waals surface area contributed by atoms with E-state index >= 15 is 0 Å². The molecule has 1 aromatic rings. The number of nitrogens with one attached hydrogen (secondary N) is 1. The van der Waals surface area contributed by atoms with E-state index in [9.17, 15) is 26.0 Å². The molecule has 0 saturated heterocycles. The zero-order valence-corrected chi connectivity index (χ0v) is 12.0. The molecule has 8 heteroatoms. The van der Waals surface area contributed by atoms with Crippen LogP contribution in [-0.4, -0.2) is 14.0 Å². The molecule has 1 rings (SSSR count). The molecule has 0 aliphatic rings. The van der Waals surface area contributed by atoms with Gasteiger partial charge in [-0.15, -0.1) is 0 Å². The number of sulfonamides is 1.